The van der Waals surface area contributed by atoms with Gasteiger partial charge in [0.05, 0.1) is 13.7 Å². The van der Waals surface area contributed by atoms with Crippen LogP contribution in [0.5, 0.6) is 11.5 Å². The SMILES string of the molecule is CCOc1ccc(C(=O)NCC(=O)OCC(=O)N(C)Cc2cccc(OC)c2)cc1. The largest absolute Gasteiger partial charge is 0.497 e. The lowest BCUT2D eigenvalue weighted by Crippen LogP contribution is -2.34. The molecule has 0 aromatic heterocycles. The van der Waals surface area contributed by atoms with Crippen molar-refractivity contribution in [2.45, 2.75) is 13.5 Å². The minimum Gasteiger partial charge on any atom is -0.497 e. The molecule has 0 atom stereocenters. The van der Waals surface area contributed by atoms with E-state index in [9.17, 15) is 14.4 Å². The maximum Gasteiger partial charge on any atom is 0.325 e. The molecule has 0 unspecified atom stereocenters. The third-order valence-corrected chi connectivity index (χ3v) is 4.16. The van der Waals surface area contributed by atoms with Gasteiger partial charge in [0.15, 0.2) is 6.61 Å². The van der Waals surface area contributed by atoms with Crippen molar-refractivity contribution in [2.24, 2.45) is 0 Å². The average Bonchev–Trinajstić information content (AvgIpc) is 2.76. The van der Waals surface area contributed by atoms with E-state index in [1.807, 2.05) is 31.2 Å². The first-order valence-corrected chi connectivity index (χ1v) is 9.46. The van der Waals surface area contributed by atoms with Crippen molar-refractivity contribution in [3.63, 3.8) is 0 Å². The first kappa shape index (κ1) is 22.7. The Morgan fingerprint density at radius 3 is 2.43 bits per heavy atom. The molecule has 8 heteroatoms. The predicted molar refractivity (Wildman–Crippen MR) is 110 cm³/mol. The number of esters is 1. The van der Waals surface area contributed by atoms with Gasteiger partial charge >= 0.3 is 5.97 Å². The van der Waals surface area contributed by atoms with Crippen molar-refractivity contribution >= 4 is 17.8 Å². The quantitative estimate of drug-likeness (QED) is 0.598. The van der Waals surface area contributed by atoms with Crippen LogP contribution >= 0.6 is 0 Å². The molecule has 0 aliphatic rings. The zero-order chi connectivity index (χ0) is 21.9. The number of methoxy groups -OCH3 is 1. The maximum absolute atomic E-state index is 12.2. The predicted octanol–water partition coefficient (Wildman–Crippen LogP) is 2.03. The number of carbonyl (C=O) groups excluding carboxylic acids is 3. The summed E-state index contributed by atoms with van der Waals surface area (Å²) in [6.07, 6.45) is 0. The van der Waals surface area contributed by atoms with Crippen LogP contribution in [0.4, 0.5) is 0 Å². The number of hydrogen-bond acceptors (Lipinski definition) is 6. The fourth-order valence-electron chi connectivity index (χ4n) is 2.56. The summed E-state index contributed by atoms with van der Waals surface area (Å²) in [4.78, 5) is 37.5. The molecular weight excluding hydrogens is 388 g/mol. The Morgan fingerprint density at radius 1 is 1.03 bits per heavy atom. The van der Waals surface area contributed by atoms with Crippen LogP contribution in [0.1, 0.15) is 22.8 Å². The van der Waals surface area contributed by atoms with E-state index in [1.54, 1.807) is 38.4 Å². The van der Waals surface area contributed by atoms with Gasteiger partial charge in [0.1, 0.15) is 18.0 Å². The van der Waals surface area contributed by atoms with Gasteiger partial charge in [-0.1, -0.05) is 12.1 Å². The van der Waals surface area contributed by atoms with Crippen molar-refractivity contribution in [1.29, 1.82) is 0 Å². The Balaban J connectivity index is 1.73. The summed E-state index contributed by atoms with van der Waals surface area (Å²) in [5.41, 5.74) is 1.28. The summed E-state index contributed by atoms with van der Waals surface area (Å²) in [7, 11) is 3.19. The van der Waals surface area contributed by atoms with E-state index >= 15 is 0 Å². The van der Waals surface area contributed by atoms with E-state index in [0.29, 0.717) is 30.2 Å². The first-order chi connectivity index (χ1) is 14.4. The highest BCUT2D eigenvalue weighted by molar-refractivity contribution is 5.96. The van der Waals surface area contributed by atoms with Crippen LogP contribution in [0.3, 0.4) is 0 Å². The Labute approximate surface area is 175 Å². The molecule has 0 saturated heterocycles. The molecule has 0 aliphatic heterocycles. The molecular formula is C22H26N2O6. The highest BCUT2D eigenvalue weighted by atomic mass is 16.5. The third-order valence-electron chi connectivity index (χ3n) is 4.16. The lowest BCUT2D eigenvalue weighted by molar-refractivity contribution is -0.150. The number of ether oxygens (including phenoxy) is 3. The number of nitrogens with zero attached hydrogens (tertiary/aromatic N) is 1. The van der Waals surface area contributed by atoms with E-state index in [-0.39, 0.29) is 12.5 Å². The van der Waals surface area contributed by atoms with Gasteiger partial charge in [0.25, 0.3) is 11.8 Å². The first-order valence-electron chi connectivity index (χ1n) is 9.46. The van der Waals surface area contributed by atoms with E-state index in [4.69, 9.17) is 14.2 Å². The zero-order valence-corrected chi connectivity index (χ0v) is 17.3. The summed E-state index contributed by atoms with van der Waals surface area (Å²) in [6.45, 7) is 2.01. The summed E-state index contributed by atoms with van der Waals surface area (Å²) >= 11 is 0. The van der Waals surface area contributed by atoms with Gasteiger partial charge in [-0.25, -0.2) is 0 Å². The number of amides is 2. The minimum absolute atomic E-state index is 0.334. The maximum atomic E-state index is 12.2. The molecule has 2 aromatic carbocycles. The summed E-state index contributed by atoms with van der Waals surface area (Å²) < 4.78 is 15.4. The van der Waals surface area contributed by atoms with Crippen molar-refractivity contribution in [2.75, 3.05) is 33.9 Å². The van der Waals surface area contributed by atoms with Crippen LogP contribution in [-0.4, -0.2) is 56.6 Å². The van der Waals surface area contributed by atoms with E-state index in [2.05, 4.69) is 5.32 Å². The zero-order valence-electron chi connectivity index (χ0n) is 17.3. The van der Waals surface area contributed by atoms with Crippen LogP contribution in [0.25, 0.3) is 0 Å². The fourth-order valence-corrected chi connectivity index (χ4v) is 2.56. The molecule has 0 heterocycles. The lowest BCUT2D eigenvalue weighted by atomic mass is 10.2. The minimum atomic E-state index is -0.697. The summed E-state index contributed by atoms with van der Waals surface area (Å²) in [5.74, 6) is -0.119. The summed E-state index contributed by atoms with van der Waals surface area (Å²) in [6, 6.07) is 13.9. The van der Waals surface area contributed by atoms with Crippen molar-refractivity contribution in [3.05, 3.63) is 59.7 Å². The molecule has 30 heavy (non-hydrogen) atoms. The molecule has 2 rings (SSSR count). The lowest BCUT2D eigenvalue weighted by Gasteiger charge is -2.17. The highest BCUT2D eigenvalue weighted by Gasteiger charge is 2.14. The van der Waals surface area contributed by atoms with Crippen molar-refractivity contribution in [1.82, 2.24) is 10.2 Å². The van der Waals surface area contributed by atoms with E-state index in [0.717, 1.165) is 5.56 Å². The average molecular weight is 414 g/mol. The number of rotatable bonds is 10. The second kappa shape index (κ2) is 11.5. The smallest absolute Gasteiger partial charge is 0.325 e. The molecule has 1 N–H and O–H groups in total. The highest BCUT2D eigenvalue weighted by Crippen LogP contribution is 2.14. The Kier molecular flexibility index (Phi) is 8.68. The molecule has 0 fully saturated rings. The van der Waals surface area contributed by atoms with Crippen LogP contribution in [0.2, 0.25) is 0 Å². The monoisotopic (exact) mass is 414 g/mol. The van der Waals surface area contributed by atoms with Gasteiger partial charge in [-0.05, 0) is 48.9 Å². The number of benzene rings is 2. The number of likely N-dealkylation sites (N-methyl/N-ethyl adjacent to an activating group) is 1. The number of nitrogens with one attached hydrogen (secondary N) is 1. The van der Waals surface area contributed by atoms with E-state index < -0.39 is 18.5 Å². The fraction of sp³-hybridized carbons (Fsp3) is 0.318. The van der Waals surface area contributed by atoms with Gasteiger partial charge in [-0.15, -0.1) is 0 Å². The van der Waals surface area contributed by atoms with E-state index in [1.165, 1.54) is 4.90 Å². The van der Waals surface area contributed by atoms with Gasteiger partial charge in [0, 0.05) is 19.2 Å². The molecule has 2 amide bonds. The second-order valence-corrected chi connectivity index (χ2v) is 6.40. The molecule has 0 radical (unpaired) electrons. The molecule has 0 spiro atoms. The third kappa shape index (κ3) is 7.12. The molecule has 0 saturated carbocycles. The van der Waals surface area contributed by atoms with Crippen molar-refractivity contribution in [3.8, 4) is 11.5 Å². The van der Waals surface area contributed by atoms with Crippen LogP contribution in [0, 0.1) is 0 Å². The van der Waals surface area contributed by atoms with Crippen LogP contribution < -0.4 is 14.8 Å². The molecule has 0 bridgehead atoms. The number of carbonyl (C=O) groups is 3. The van der Waals surface area contributed by atoms with Gasteiger partial charge in [-0.3, -0.25) is 14.4 Å². The number of hydrogen-bond donors (Lipinski definition) is 1. The van der Waals surface area contributed by atoms with Crippen molar-refractivity contribution < 1.29 is 28.6 Å². The second-order valence-electron chi connectivity index (χ2n) is 6.40. The van der Waals surface area contributed by atoms with Gasteiger partial charge in [-0.2, -0.15) is 0 Å². The van der Waals surface area contributed by atoms with Crippen LogP contribution in [0.15, 0.2) is 48.5 Å². The molecule has 2 aromatic rings. The Hall–Kier alpha value is -3.55. The topological polar surface area (TPSA) is 94.2 Å². The summed E-state index contributed by atoms with van der Waals surface area (Å²) in [5, 5.41) is 2.46. The standard InChI is InChI=1S/C22H26N2O6/c1-4-29-18-10-8-17(9-11-18)22(27)23-13-21(26)30-15-20(25)24(2)14-16-6-5-7-19(12-16)28-3/h5-12H,4,13-15H2,1-3H3,(H,23,27). The molecule has 0 aliphatic carbocycles. The van der Waals surface area contributed by atoms with Gasteiger partial charge in [0.2, 0.25) is 0 Å². The Morgan fingerprint density at radius 2 is 1.77 bits per heavy atom. The molecule has 8 nitrogen and oxygen atoms in total. The Bertz CT molecular complexity index is 866. The molecule has 160 valence electrons. The van der Waals surface area contributed by atoms with Crippen LogP contribution in [-0.2, 0) is 20.9 Å². The van der Waals surface area contributed by atoms with Gasteiger partial charge < -0.3 is 24.4 Å². The normalized spacial score (nSPS) is 10.1.